The first-order valence-electron chi connectivity index (χ1n) is 14.1. The lowest BCUT2D eigenvalue weighted by molar-refractivity contribution is -0.145. The van der Waals surface area contributed by atoms with Gasteiger partial charge in [0.2, 0.25) is 11.8 Å². The van der Waals surface area contributed by atoms with Crippen molar-refractivity contribution in [1.29, 1.82) is 5.26 Å². The van der Waals surface area contributed by atoms with Gasteiger partial charge in [0.25, 0.3) is 0 Å². The number of aryl methyl sites for hydroxylation is 2. The van der Waals surface area contributed by atoms with E-state index in [0.29, 0.717) is 25.1 Å². The number of benzene rings is 1. The van der Waals surface area contributed by atoms with Gasteiger partial charge in [-0.3, -0.25) is 9.59 Å². The smallest absolute Gasteiger partial charge is 0.408 e. The number of ether oxygens (including phenoxy) is 1. The number of likely N-dealkylation sites (tertiary alicyclic amines) is 2. The van der Waals surface area contributed by atoms with Crippen LogP contribution in [0.2, 0.25) is 0 Å². The van der Waals surface area contributed by atoms with Gasteiger partial charge in [0.15, 0.2) is 0 Å². The van der Waals surface area contributed by atoms with Crippen molar-refractivity contribution in [3.63, 3.8) is 0 Å². The van der Waals surface area contributed by atoms with Crippen LogP contribution >= 0.6 is 0 Å². The Kier molecular flexibility index (Phi) is 8.53. The first-order chi connectivity index (χ1) is 18.5. The molecule has 9 heteroatoms. The number of alkyl carbamates (subject to hydrolysis) is 1. The maximum Gasteiger partial charge on any atom is 0.408 e. The molecule has 0 radical (unpaired) electrons. The summed E-state index contributed by atoms with van der Waals surface area (Å²) in [6.45, 7) is 11.1. The van der Waals surface area contributed by atoms with Gasteiger partial charge in [-0.05, 0) is 96.7 Å². The van der Waals surface area contributed by atoms with Crippen LogP contribution < -0.4 is 5.32 Å². The third-order valence-corrected chi connectivity index (χ3v) is 7.75. The molecule has 0 aliphatic carbocycles. The number of nitrogens with one attached hydrogen (secondary N) is 1. The minimum Gasteiger partial charge on any atom is -0.444 e. The van der Waals surface area contributed by atoms with E-state index in [-0.39, 0.29) is 17.9 Å². The van der Waals surface area contributed by atoms with E-state index in [1.54, 1.807) is 32.6 Å². The number of fused-ring (bicyclic) bond motifs is 1. The van der Waals surface area contributed by atoms with Crippen LogP contribution in [0.4, 0.5) is 4.79 Å². The van der Waals surface area contributed by atoms with Crippen LogP contribution in [0.5, 0.6) is 0 Å². The second-order valence-corrected chi connectivity index (χ2v) is 11.7. The molecule has 3 amide bonds. The fourth-order valence-corrected chi connectivity index (χ4v) is 5.98. The Labute approximate surface area is 231 Å². The molecule has 1 N–H and O–H groups in total. The topological polar surface area (TPSA) is 108 Å². The molecule has 2 saturated heterocycles. The number of nitrogens with zero attached hydrogens (tertiary/aromatic N) is 4. The lowest BCUT2D eigenvalue weighted by Crippen LogP contribution is -2.54. The number of carbonyl (C=O) groups excluding carboxylic acids is 3. The second-order valence-electron chi connectivity index (χ2n) is 11.7. The van der Waals surface area contributed by atoms with Gasteiger partial charge in [-0.1, -0.05) is 6.07 Å². The quantitative estimate of drug-likeness (QED) is 0.567. The highest BCUT2D eigenvalue weighted by Crippen LogP contribution is 2.29. The summed E-state index contributed by atoms with van der Waals surface area (Å²) in [4.78, 5) is 42.8. The normalized spacial score (nSPS) is 20.2. The fraction of sp³-hybridized carbons (Fsp3) is 0.600. The Bertz CT molecular complexity index is 1270. The van der Waals surface area contributed by atoms with Crippen molar-refractivity contribution in [3.05, 3.63) is 35.5 Å². The van der Waals surface area contributed by atoms with Crippen molar-refractivity contribution in [3.8, 4) is 6.07 Å². The summed E-state index contributed by atoms with van der Waals surface area (Å²) in [7, 11) is 0. The molecule has 0 bridgehead atoms. The van der Waals surface area contributed by atoms with E-state index in [4.69, 9.17) is 4.74 Å². The number of rotatable bonds is 7. The van der Waals surface area contributed by atoms with Crippen molar-refractivity contribution < 1.29 is 19.1 Å². The molecule has 210 valence electrons. The predicted octanol–water partition coefficient (Wildman–Crippen LogP) is 4.36. The van der Waals surface area contributed by atoms with Crippen molar-refractivity contribution in [1.82, 2.24) is 19.7 Å². The highest BCUT2D eigenvalue weighted by atomic mass is 16.6. The Morgan fingerprint density at radius 2 is 1.85 bits per heavy atom. The third kappa shape index (κ3) is 6.38. The SMILES string of the molecule is CCn1c(CCC2CCCN2C(=O)C2CCCN2C(=O)[C@H](C)NC(=O)OC(C)(C)C)cc2ccc(C#N)cc21. The van der Waals surface area contributed by atoms with Gasteiger partial charge in [0, 0.05) is 36.9 Å². The van der Waals surface area contributed by atoms with E-state index in [1.165, 1.54) is 5.69 Å². The summed E-state index contributed by atoms with van der Waals surface area (Å²) >= 11 is 0. The van der Waals surface area contributed by atoms with Gasteiger partial charge in [0.1, 0.15) is 17.7 Å². The van der Waals surface area contributed by atoms with Crippen molar-refractivity contribution >= 4 is 28.8 Å². The second kappa shape index (κ2) is 11.7. The minimum atomic E-state index is -0.778. The zero-order chi connectivity index (χ0) is 28.3. The van der Waals surface area contributed by atoms with Gasteiger partial charge in [-0.15, -0.1) is 0 Å². The van der Waals surface area contributed by atoms with Gasteiger partial charge in [-0.2, -0.15) is 5.26 Å². The Hall–Kier alpha value is -3.54. The molecule has 2 aliphatic heterocycles. The summed E-state index contributed by atoms with van der Waals surface area (Å²) in [5.74, 6) is -0.237. The molecule has 9 nitrogen and oxygen atoms in total. The van der Waals surface area contributed by atoms with Crippen molar-refractivity contribution in [2.45, 2.75) is 103 Å². The summed E-state index contributed by atoms with van der Waals surface area (Å²) in [5.41, 5.74) is 2.27. The van der Waals surface area contributed by atoms with Crippen LogP contribution in [0, 0.1) is 11.3 Å². The summed E-state index contributed by atoms with van der Waals surface area (Å²) < 4.78 is 7.55. The molecular weight excluding hydrogens is 494 g/mol. The zero-order valence-electron chi connectivity index (χ0n) is 23.8. The number of aromatic nitrogens is 1. The summed E-state index contributed by atoms with van der Waals surface area (Å²) in [5, 5.41) is 13.0. The van der Waals surface area contributed by atoms with Crippen molar-refractivity contribution in [2.24, 2.45) is 0 Å². The molecule has 3 heterocycles. The molecule has 2 aliphatic rings. The van der Waals surface area contributed by atoms with E-state index in [2.05, 4.69) is 28.9 Å². The molecule has 2 fully saturated rings. The number of hydrogen-bond donors (Lipinski definition) is 1. The lowest BCUT2D eigenvalue weighted by atomic mass is 10.1. The zero-order valence-corrected chi connectivity index (χ0v) is 23.8. The Morgan fingerprint density at radius 1 is 1.13 bits per heavy atom. The van der Waals surface area contributed by atoms with Crippen LogP contribution in [-0.4, -0.2) is 69.1 Å². The number of nitriles is 1. The highest BCUT2D eigenvalue weighted by molar-refractivity contribution is 5.92. The maximum absolute atomic E-state index is 13.7. The standard InChI is InChI=1S/C30H41N5O4/c1-6-33-24(18-22-12-11-21(19-31)17-26(22)33)14-13-23-9-7-15-34(23)28(37)25-10-8-16-35(25)27(36)20(2)32-29(38)39-30(3,4)5/h11-12,17-18,20,23,25H,6-10,13-16H2,1-5H3,(H,32,38)/t20-,23?,25?/m0/s1. The molecule has 2 unspecified atom stereocenters. The Balaban J connectivity index is 1.41. The van der Waals surface area contributed by atoms with E-state index < -0.39 is 23.8 Å². The summed E-state index contributed by atoms with van der Waals surface area (Å²) in [6, 6.07) is 9.07. The molecule has 3 atom stereocenters. The monoisotopic (exact) mass is 535 g/mol. The first-order valence-corrected chi connectivity index (χ1v) is 14.1. The third-order valence-electron chi connectivity index (χ3n) is 7.75. The highest BCUT2D eigenvalue weighted by Gasteiger charge is 2.41. The molecule has 39 heavy (non-hydrogen) atoms. The van der Waals surface area contributed by atoms with E-state index in [9.17, 15) is 19.6 Å². The van der Waals surface area contributed by atoms with Crippen LogP contribution in [-0.2, 0) is 27.3 Å². The fourth-order valence-electron chi connectivity index (χ4n) is 5.98. The molecule has 1 aromatic heterocycles. The Morgan fingerprint density at radius 3 is 2.54 bits per heavy atom. The van der Waals surface area contributed by atoms with Crippen molar-refractivity contribution in [2.75, 3.05) is 13.1 Å². The largest absolute Gasteiger partial charge is 0.444 e. The molecular formula is C30H41N5O4. The molecule has 4 rings (SSSR count). The number of carbonyl (C=O) groups is 3. The summed E-state index contributed by atoms with van der Waals surface area (Å²) in [6.07, 6.45) is 4.36. The van der Waals surface area contributed by atoms with E-state index >= 15 is 0 Å². The van der Waals surface area contributed by atoms with Crippen LogP contribution in [0.15, 0.2) is 24.3 Å². The molecule has 0 saturated carbocycles. The molecule has 2 aromatic rings. The van der Waals surface area contributed by atoms with Crippen LogP contribution in [0.1, 0.15) is 78.0 Å². The van der Waals surface area contributed by atoms with Gasteiger partial charge >= 0.3 is 6.09 Å². The van der Waals surface area contributed by atoms with E-state index in [1.807, 2.05) is 23.1 Å². The maximum atomic E-state index is 13.7. The average Bonchev–Trinajstić information content (AvgIpc) is 3.62. The van der Waals surface area contributed by atoms with Gasteiger partial charge in [0.05, 0.1) is 11.6 Å². The lowest BCUT2D eigenvalue weighted by Gasteiger charge is -2.33. The van der Waals surface area contributed by atoms with Crippen LogP contribution in [0.25, 0.3) is 10.9 Å². The molecule has 0 spiro atoms. The molecule has 1 aromatic carbocycles. The van der Waals surface area contributed by atoms with Gasteiger partial charge in [-0.25, -0.2) is 4.79 Å². The average molecular weight is 536 g/mol. The minimum absolute atomic E-state index is 0.0162. The number of hydrogen-bond acceptors (Lipinski definition) is 5. The van der Waals surface area contributed by atoms with Crippen LogP contribution in [0.3, 0.4) is 0 Å². The predicted molar refractivity (Wildman–Crippen MR) is 149 cm³/mol. The number of amides is 3. The first kappa shape index (κ1) is 28.5. The van der Waals surface area contributed by atoms with Gasteiger partial charge < -0.3 is 24.4 Å². The van der Waals surface area contributed by atoms with E-state index in [0.717, 1.165) is 49.6 Å².